The van der Waals surface area contributed by atoms with Crippen molar-refractivity contribution >= 4 is 11.4 Å². The maximum Gasteiger partial charge on any atom is 0.101 e. The lowest BCUT2D eigenvalue weighted by Crippen LogP contribution is -2.36. The highest BCUT2D eigenvalue weighted by Gasteiger charge is 2.29. The van der Waals surface area contributed by atoms with Crippen LogP contribution < -0.4 is 10.6 Å². The Balaban J connectivity index is 2.23. The second-order valence-electron chi connectivity index (χ2n) is 4.63. The van der Waals surface area contributed by atoms with Gasteiger partial charge in [-0.2, -0.15) is 0 Å². The number of fused-ring (bicyclic) bond motifs is 1. The summed E-state index contributed by atoms with van der Waals surface area (Å²) in [7, 11) is 0. The predicted octanol–water partition coefficient (Wildman–Crippen LogP) is 2.90. The highest BCUT2D eigenvalue weighted by atomic mass is 15.2. The first-order valence-electron chi connectivity index (χ1n) is 4.69. The van der Waals surface area contributed by atoms with Crippen LogP contribution in [-0.4, -0.2) is 6.17 Å². The zero-order valence-electron chi connectivity index (χ0n) is 8.39. The molecule has 2 N–H and O–H groups in total. The van der Waals surface area contributed by atoms with E-state index in [4.69, 9.17) is 0 Å². The van der Waals surface area contributed by atoms with E-state index in [1.165, 1.54) is 11.4 Å². The van der Waals surface area contributed by atoms with Crippen LogP contribution in [0.5, 0.6) is 0 Å². The molecule has 70 valence electrons. The third-order valence-electron chi connectivity index (χ3n) is 2.39. The number of benzene rings is 1. The molecule has 0 radical (unpaired) electrons. The summed E-state index contributed by atoms with van der Waals surface area (Å²) >= 11 is 0. The van der Waals surface area contributed by atoms with Gasteiger partial charge in [0.1, 0.15) is 6.17 Å². The first-order chi connectivity index (χ1) is 6.07. The first kappa shape index (κ1) is 8.42. The van der Waals surface area contributed by atoms with Crippen LogP contribution in [0.2, 0.25) is 0 Å². The number of nitrogens with one attached hydrogen (secondary N) is 2. The highest BCUT2D eigenvalue weighted by molar-refractivity contribution is 5.74. The number of hydrogen-bond donors (Lipinski definition) is 2. The summed E-state index contributed by atoms with van der Waals surface area (Å²) in [5.74, 6) is 0. The lowest BCUT2D eigenvalue weighted by molar-refractivity contribution is 0.372. The Bertz CT molecular complexity index is 287. The van der Waals surface area contributed by atoms with E-state index in [0.717, 1.165) is 0 Å². The van der Waals surface area contributed by atoms with Crippen LogP contribution in [0, 0.1) is 5.41 Å². The Morgan fingerprint density at radius 2 is 1.46 bits per heavy atom. The van der Waals surface area contributed by atoms with Crippen LogP contribution in [0.15, 0.2) is 24.3 Å². The van der Waals surface area contributed by atoms with Crippen molar-refractivity contribution in [1.29, 1.82) is 0 Å². The molecule has 13 heavy (non-hydrogen) atoms. The number of rotatable bonds is 0. The minimum atomic E-state index is 0.235. The van der Waals surface area contributed by atoms with Crippen LogP contribution >= 0.6 is 0 Å². The van der Waals surface area contributed by atoms with E-state index >= 15 is 0 Å². The fourth-order valence-electron chi connectivity index (χ4n) is 1.51. The molecule has 1 heterocycles. The largest absolute Gasteiger partial charge is 0.363 e. The Morgan fingerprint density at radius 1 is 1.00 bits per heavy atom. The lowest BCUT2D eigenvalue weighted by atomic mass is 9.93. The molecule has 1 aliphatic heterocycles. The first-order valence-corrected chi connectivity index (χ1v) is 4.69. The molecule has 0 spiro atoms. The van der Waals surface area contributed by atoms with Crippen molar-refractivity contribution in [3.8, 4) is 0 Å². The van der Waals surface area contributed by atoms with Crippen molar-refractivity contribution in [1.82, 2.24) is 0 Å². The summed E-state index contributed by atoms with van der Waals surface area (Å²) in [5, 5.41) is 6.93. The van der Waals surface area contributed by atoms with E-state index in [2.05, 4.69) is 55.7 Å². The fraction of sp³-hybridized carbons (Fsp3) is 0.455. The van der Waals surface area contributed by atoms with Crippen molar-refractivity contribution in [3.63, 3.8) is 0 Å². The van der Waals surface area contributed by atoms with Crippen LogP contribution in [0.1, 0.15) is 20.8 Å². The van der Waals surface area contributed by atoms with Gasteiger partial charge in [-0.25, -0.2) is 0 Å². The minimum Gasteiger partial charge on any atom is -0.363 e. The van der Waals surface area contributed by atoms with Gasteiger partial charge < -0.3 is 10.6 Å². The quantitative estimate of drug-likeness (QED) is 0.635. The maximum absolute atomic E-state index is 3.46. The minimum absolute atomic E-state index is 0.235. The van der Waals surface area contributed by atoms with Gasteiger partial charge in [-0.15, -0.1) is 0 Å². The molecule has 2 nitrogen and oxygen atoms in total. The molecule has 0 unspecified atom stereocenters. The summed E-state index contributed by atoms with van der Waals surface area (Å²) in [6.45, 7) is 6.68. The molecule has 0 bridgehead atoms. The van der Waals surface area contributed by atoms with Crippen molar-refractivity contribution in [2.45, 2.75) is 26.9 Å². The van der Waals surface area contributed by atoms with Crippen LogP contribution in [0.3, 0.4) is 0 Å². The van der Waals surface area contributed by atoms with Gasteiger partial charge in [0, 0.05) is 5.41 Å². The molecule has 0 saturated carbocycles. The maximum atomic E-state index is 3.46. The molecule has 1 aromatic rings. The van der Waals surface area contributed by atoms with Gasteiger partial charge in [0.2, 0.25) is 0 Å². The van der Waals surface area contributed by atoms with E-state index in [0.29, 0.717) is 6.17 Å². The second kappa shape index (κ2) is 2.66. The molecule has 0 amide bonds. The molecule has 2 heteroatoms. The Labute approximate surface area is 79.4 Å². The third kappa shape index (κ3) is 1.48. The number of hydrogen-bond acceptors (Lipinski definition) is 2. The molecular weight excluding hydrogens is 160 g/mol. The molecule has 1 aliphatic rings. The molecule has 0 saturated heterocycles. The molecule has 0 aromatic heterocycles. The molecule has 2 rings (SSSR count). The van der Waals surface area contributed by atoms with Gasteiger partial charge >= 0.3 is 0 Å². The summed E-state index contributed by atoms with van der Waals surface area (Å²) < 4.78 is 0. The summed E-state index contributed by atoms with van der Waals surface area (Å²) in [4.78, 5) is 0. The number of anilines is 2. The topological polar surface area (TPSA) is 24.1 Å². The van der Waals surface area contributed by atoms with Crippen LogP contribution in [0.25, 0.3) is 0 Å². The smallest absolute Gasteiger partial charge is 0.101 e. The van der Waals surface area contributed by atoms with Crippen molar-refractivity contribution < 1.29 is 0 Å². The van der Waals surface area contributed by atoms with Gasteiger partial charge in [-0.1, -0.05) is 32.9 Å². The van der Waals surface area contributed by atoms with Crippen molar-refractivity contribution in [3.05, 3.63) is 24.3 Å². The lowest BCUT2D eigenvalue weighted by Gasteiger charge is -2.27. The van der Waals surface area contributed by atoms with Crippen molar-refractivity contribution in [2.24, 2.45) is 5.41 Å². The van der Waals surface area contributed by atoms with Crippen molar-refractivity contribution in [2.75, 3.05) is 10.6 Å². The average Bonchev–Trinajstić information content (AvgIpc) is 2.45. The van der Waals surface area contributed by atoms with E-state index in [9.17, 15) is 0 Å². The number of para-hydroxylation sites is 2. The SMILES string of the molecule is CC(C)(C)C1Nc2ccccc2N1. The molecule has 0 atom stereocenters. The summed E-state index contributed by atoms with van der Waals surface area (Å²) in [6, 6.07) is 8.32. The second-order valence-corrected chi connectivity index (χ2v) is 4.63. The van der Waals surface area contributed by atoms with Gasteiger partial charge in [0.05, 0.1) is 11.4 Å². The molecule has 0 aliphatic carbocycles. The van der Waals surface area contributed by atoms with E-state index in [-0.39, 0.29) is 5.41 Å². The zero-order valence-corrected chi connectivity index (χ0v) is 8.39. The average molecular weight is 176 g/mol. The van der Waals surface area contributed by atoms with Gasteiger partial charge in [0.25, 0.3) is 0 Å². The monoisotopic (exact) mass is 176 g/mol. The fourth-order valence-corrected chi connectivity index (χ4v) is 1.51. The Morgan fingerprint density at radius 3 is 1.85 bits per heavy atom. The molecular formula is C11H16N2. The molecule has 0 fully saturated rings. The zero-order chi connectivity index (χ0) is 9.47. The van der Waals surface area contributed by atoms with Gasteiger partial charge in [0.15, 0.2) is 0 Å². The van der Waals surface area contributed by atoms with Gasteiger partial charge in [-0.3, -0.25) is 0 Å². The predicted molar refractivity (Wildman–Crippen MR) is 56.9 cm³/mol. The summed E-state index contributed by atoms with van der Waals surface area (Å²) in [6.07, 6.45) is 0.338. The normalized spacial score (nSPS) is 16.2. The molecule has 1 aromatic carbocycles. The standard InChI is InChI=1S/C11H16N2/c1-11(2,3)10-12-8-6-4-5-7-9(8)13-10/h4-7,10,12-13H,1-3H3. The third-order valence-corrected chi connectivity index (χ3v) is 2.39. The van der Waals surface area contributed by atoms with E-state index in [1.807, 2.05) is 0 Å². The Hall–Kier alpha value is -1.18. The summed E-state index contributed by atoms with van der Waals surface area (Å²) in [5.41, 5.74) is 2.66. The van der Waals surface area contributed by atoms with E-state index < -0.39 is 0 Å². The van der Waals surface area contributed by atoms with Gasteiger partial charge in [-0.05, 0) is 12.1 Å². The van der Waals surface area contributed by atoms with Crippen LogP contribution in [-0.2, 0) is 0 Å². The van der Waals surface area contributed by atoms with E-state index in [1.54, 1.807) is 0 Å². The van der Waals surface area contributed by atoms with Crippen LogP contribution in [0.4, 0.5) is 11.4 Å². The Kier molecular flexibility index (Phi) is 1.72. The highest BCUT2D eigenvalue weighted by Crippen LogP contribution is 2.34.